The minimum absolute atomic E-state index is 0.162. The zero-order valence-corrected chi connectivity index (χ0v) is 17.5. The molecule has 4 rings (SSSR count). The summed E-state index contributed by atoms with van der Waals surface area (Å²) in [4.78, 5) is 16.1. The molecule has 3 aromatic rings. The summed E-state index contributed by atoms with van der Waals surface area (Å²) >= 11 is 3.17. The number of benzene rings is 1. The predicted molar refractivity (Wildman–Crippen MR) is 112 cm³/mol. The van der Waals surface area contributed by atoms with Gasteiger partial charge in [-0.05, 0) is 48.6 Å². The first-order chi connectivity index (χ1) is 13.7. The fraction of sp³-hybridized carbons (Fsp3) is 0.350. The van der Waals surface area contributed by atoms with Crippen LogP contribution >= 0.6 is 23.1 Å². The van der Waals surface area contributed by atoms with Crippen LogP contribution in [0.1, 0.15) is 23.8 Å². The second kappa shape index (κ2) is 8.36. The first-order valence-corrected chi connectivity index (χ1v) is 11.0. The number of thiophene rings is 1. The van der Waals surface area contributed by atoms with Crippen LogP contribution in [0.5, 0.6) is 5.75 Å². The molecule has 1 saturated heterocycles. The van der Waals surface area contributed by atoms with E-state index in [1.54, 1.807) is 18.4 Å². The molecule has 1 unspecified atom stereocenters. The number of carbonyl (C=O) groups excluding carboxylic acids is 1. The van der Waals surface area contributed by atoms with E-state index in [1.807, 2.05) is 40.8 Å². The molecule has 0 bridgehead atoms. The number of likely N-dealkylation sites (tertiary alicyclic amines) is 1. The van der Waals surface area contributed by atoms with Gasteiger partial charge in [0.2, 0.25) is 5.91 Å². The number of ether oxygens (including phenoxy) is 1. The van der Waals surface area contributed by atoms with E-state index in [0.29, 0.717) is 5.75 Å². The van der Waals surface area contributed by atoms with E-state index < -0.39 is 0 Å². The van der Waals surface area contributed by atoms with Gasteiger partial charge in [0.15, 0.2) is 11.0 Å². The number of rotatable bonds is 6. The Morgan fingerprint density at radius 3 is 2.82 bits per heavy atom. The van der Waals surface area contributed by atoms with E-state index in [4.69, 9.17) is 4.74 Å². The van der Waals surface area contributed by atoms with Crippen LogP contribution in [0.4, 0.5) is 0 Å². The molecule has 28 heavy (non-hydrogen) atoms. The van der Waals surface area contributed by atoms with Crippen molar-refractivity contribution in [2.75, 3.05) is 19.4 Å². The molecule has 1 aliphatic heterocycles. The summed E-state index contributed by atoms with van der Waals surface area (Å²) in [5, 5.41) is 11.4. The highest BCUT2D eigenvalue weighted by Gasteiger charge is 2.30. The van der Waals surface area contributed by atoms with Crippen LogP contribution in [0.15, 0.2) is 46.9 Å². The molecule has 0 aliphatic carbocycles. The molecule has 1 atom stereocenters. The number of amides is 1. The molecule has 0 radical (unpaired) electrons. The zero-order valence-electron chi connectivity index (χ0n) is 15.9. The summed E-state index contributed by atoms with van der Waals surface area (Å²) in [5.41, 5.74) is 0.964. The lowest BCUT2D eigenvalue weighted by molar-refractivity contribution is -0.129. The van der Waals surface area contributed by atoms with E-state index in [-0.39, 0.29) is 11.9 Å². The Morgan fingerprint density at radius 2 is 2.11 bits per heavy atom. The van der Waals surface area contributed by atoms with Crippen LogP contribution in [-0.4, -0.2) is 45.0 Å². The Labute approximate surface area is 172 Å². The Bertz CT molecular complexity index is 938. The topological polar surface area (TPSA) is 60.3 Å². The summed E-state index contributed by atoms with van der Waals surface area (Å²) in [6, 6.07) is 12.1. The predicted octanol–water partition coefficient (Wildman–Crippen LogP) is 4.01. The summed E-state index contributed by atoms with van der Waals surface area (Å²) in [6.45, 7) is 0.831. The fourth-order valence-corrected chi connectivity index (χ4v) is 5.15. The molecule has 3 heterocycles. The quantitative estimate of drug-likeness (QED) is 0.571. The van der Waals surface area contributed by atoms with Crippen molar-refractivity contribution >= 4 is 29.0 Å². The maximum atomic E-state index is 12.8. The highest BCUT2D eigenvalue weighted by molar-refractivity contribution is 7.99. The fourth-order valence-electron chi connectivity index (χ4n) is 3.48. The standard InChI is InChI=1S/C20H22N4O2S2/c1-23-19(14-7-9-15(26-2)10-8-14)21-22-20(23)28-13-18(25)24-11-3-5-16(24)17-6-4-12-27-17/h4,6-10,12,16H,3,5,11,13H2,1-2H3. The normalized spacial score (nSPS) is 16.5. The van der Waals surface area contributed by atoms with Crippen molar-refractivity contribution in [3.63, 3.8) is 0 Å². The minimum Gasteiger partial charge on any atom is -0.497 e. The van der Waals surface area contributed by atoms with Gasteiger partial charge in [-0.15, -0.1) is 21.5 Å². The molecule has 146 valence electrons. The van der Waals surface area contributed by atoms with Crippen molar-refractivity contribution < 1.29 is 9.53 Å². The summed E-state index contributed by atoms with van der Waals surface area (Å²) in [6.07, 6.45) is 2.10. The molecule has 1 fully saturated rings. The average Bonchev–Trinajstić information content (AvgIpc) is 3.47. The van der Waals surface area contributed by atoms with Crippen molar-refractivity contribution in [2.24, 2.45) is 7.05 Å². The van der Waals surface area contributed by atoms with Crippen LogP contribution in [0.3, 0.4) is 0 Å². The number of thioether (sulfide) groups is 1. The van der Waals surface area contributed by atoms with Crippen molar-refractivity contribution in [1.82, 2.24) is 19.7 Å². The lowest BCUT2D eigenvalue weighted by Crippen LogP contribution is -2.31. The van der Waals surface area contributed by atoms with E-state index in [2.05, 4.69) is 27.7 Å². The van der Waals surface area contributed by atoms with Gasteiger partial charge in [-0.2, -0.15) is 0 Å². The molecule has 1 aliphatic rings. The first kappa shape index (κ1) is 19.0. The summed E-state index contributed by atoms with van der Waals surface area (Å²) in [5.74, 6) is 2.11. The molecule has 2 aromatic heterocycles. The third-order valence-electron chi connectivity index (χ3n) is 4.95. The van der Waals surface area contributed by atoms with Gasteiger partial charge in [0.1, 0.15) is 5.75 Å². The highest BCUT2D eigenvalue weighted by Crippen LogP contribution is 2.35. The summed E-state index contributed by atoms with van der Waals surface area (Å²) < 4.78 is 7.13. The van der Waals surface area contributed by atoms with Gasteiger partial charge in [0, 0.05) is 24.0 Å². The van der Waals surface area contributed by atoms with E-state index in [1.165, 1.54) is 16.6 Å². The van der Waals surface area contributed by atoms with Crippen molar-refractivity contribution in [3.05, 3.63) is 46.7 Å². The Hall–Kier alpha value is -2.32. The van der Waals surface area contributed by atoms with Crippen molar-refractivity contribution in [2.45, 2.75) is 24.0 Å². The molecule has 8 heteroatoms. The van der Waals surface area contributed by atoms with E-state index in [0.717, 1.165) is 41.7 Å². The van der Waals surface area contributed by atoms with E-state index in [9.17, 15) is 4.79 Å². The molecular formula is C20H22N4O2S2. The van der Waals surface area contributed by atoms with Gasteiger partial charge in [-0.3, -0.25) is 4.79 Å². The second-order valence-electron chi connectivity index (χ2n) is 6.64. The molecular weight excluding hydrogens is 392 g/mol. The SMILES string of the molecule is COc1ccc(-c2nnc(SCC(=O)N3CCCC3c3cccs3)n2C)cc1. The molecule has 0 N–H and O–H groups in total. The van der Waals surface area contributed by atoms with Gasteiger partial charge in [0.05, 0.1) is 18.9 Å². The maximum absolute atomic E-state index is 12.8. The molecule has 0 saturated carbocycles. The highest BCUT2D eigenvalue weighted by atomic mass is 32.2. The summed E-state index contributed by atoms with van der Waals surface area (Å²) in [7, 11) is 3.57. The van der Waals surface area contributed by atoms with Crippen LogP contribution in [-0.2, 0) is 11.8 Å². The Balaban J connectivity index is 1.42. The van der Waals surface area contributed by atoms with Crippen LogP contribution in [0.2, 0.25) is 0 Å². The molecule has 1 aromatic carbocycles. The van der Waals surface area contributed by atoms with Crippen molar-refractivity contribution in [1.29, 1.82) is 0 Å². The molecule has 6 nitrogen and oxygen atoms in total. The lowest BCUT2D eigenvalue weighted by Gasteiger charge is -2.23. The number of carbonyl (C=O) groups is 1. The third-order valence-corrected chi connectivity index (χ3v) is 6.93. The van der Waals surface area contributed by atoms with Gasteiger partial charge in [-0.25, -0.2) is 0 Å². The second-order valence-corrected chi connectivity index (χ2v) is 8.56. The number of aromatic nitrogens is 3. The van der Waals surface area contributed by atoms with Crippen molar-refractivity contribution in [3.8, 4) is 17.1 Å². The minimum atomic E-state index is 0.162. The first-order valence-electron chi connectivity index (χ1n) is 9.17. The lowest BCUT2D eigenvalue weighted by atomic mass is 10.2. The van der Waals surface area contributed by atoms with Gasteiger partial charge < -0.3 is 14.2 Å². The van der Waals surface area contributed by atoms with Crippen LogP contribution in [0.25, 0.3) is 11.4 Å². The smallest absolute Gasteiger partial charge is 0.233 e. The molecule has 1 amide bonds. The van der Waals surface area contributed by atoms with E-state index >= 15 is 0 Å². The Kier molecular flexibility index (Phi) is 5.68. The average molecular weight is 415 g/mol. The monoisotopic (exact) mass is 414 g/mol. The number of hydrogen-bond acceptors (Lipinski definition) is 6. The maximum Gasteiger partial charge on any atom is 0.233 e. The van der Waals surface area contributed by atoms with Crippen LogP contribution in [0, 0.1) is 0 Å². The van der Waals surface area contributed by atoms with Crippen LogP contribution < -0.4 is 4.74 Å². The van der Waals surface area contributed by atoms with Gasteiger partial charge in [-0.1, -0.05) is 17.8 Å². The largest absolute Gasteiger partial charge is 0.497 e. The zero-order chi connectivity index (χ0) is 19.5. The van der Waals surface area contributed by atoms with Gasteiger partial charge in [0.25, 0.3) is 0 Å². The number of methoxy groups -OCH3 is 1. The number of nitrogens with zero attached hydrogens (tertiary/aromatic N) is 4. The number of hydrogen-bond donors (Lipinski definition) is 0. The Morgan fingerprint density at radius 1 is 1.29 bits per heavy atom. The third kappa shape index (κ3) is 3.79. The molecule has 0 spiro atoms. The van der Waals surface area contributed by atoms with Gasteiger partial charge >= 0.3 is 0 Å².